The van der Waals surface area contributed by atoms with E-state index >= 15 is 0 Å². The third-order valence-corrected chi connectivity index (χ3v) is 7.80. The number of carbonyl (C=O) groups is 1. The lowest BCUT2D eigenvalue weighted by molar-refractivity contribution is -0.125. The fourth-order valence-corrected chi connectivity index (χ4v) is 4.99. The molecular formula is C28H26Cl5N3O2. The van der Waals surface area contributed by atoms with E-state index in [0.29, 0.717) is 33.3 Å². The maximum absolute atomic E-state index is 12.8. The summed E-state index contributed by atoms with van der Waals surface area (Å²) in [5.41, 5.74) is 2.05. The lowest BCUT2D eigenvalue weighted by Gasteiger charge is -2.33. The van der Waals surface area contributed by atoms with Crippen molar-refractivity contribution in [2.45, 2.75) is 37.7 Å². The summed E-state index contributed by atoms with van der Waals surface area (Å²) in [6.45, 7) is 2.92. The van der Waals surface area contributed by atoms with Gasteiger partial charge in [0, 0.05) is 39.0 Å². The van der Waals surface area contributed by atoms with E-state index in [2.05, 4.69) is 5.32 Å². The Kier molecular flexibility index (Phi) is 10.1. The molecule has 3 aromatic carbocycles. The molecule has 1 heterocycles. The van der Waals surface area contributed by atoms with E-state index in [-0.39, 0.29) is 12.5 Å². The molecule has 0 bridgehead atoms. The number of hydrogen-bond acceptors (Lipinski definition) is 4. The summed E-state index contributed by atoms with van der Waals surface area (Å²) in [6.07, 6.45) is 3.21. The highest BCUT2D eigenvalue weighted by Crippen LogP contribution is 2.33. The van der Waals surface area contributed by atoms with E-state index in [9.17, 15) is 4.79 Å². The van der Waals surface area contributed by atoms with E-state index in [4.69, 9.17) is 62.7 Å². The SMILES string of the molecule is CC(C(=O)NCc1ccc(Cl)cc1)N1C=CN(C(Cl)C(OCc2ccc(Cl)cc2Cl)c2ccc(Cl)cc2)C1. The molecule has 1 aliphatic heterocycles. The van der Waals surface area contributed by atoms with Gasteiger partial charge in [-0.25, -0.2) is 0 Å². The smallest absolute Gasteiger partial charge is 0.242 e. The van der Waals surface area contributed by atoms with Crippen LogP contribution in [-0.2, 0) is 22.7 Å². The summed E-state index contributed by atoms with van der Waals surface area (Å²) in [5, 5.41) is 5.31. The van der Waals surface area contributed by atoms with Crippen molar-refractivity contribution in [1.29, 1.82) is 0 Å². The number of amides is 1. The van der Waals surface area contributed by atoms with Crippen LogP contribution >= 0.6 is 58.0 Å². The molecule has 10 heteroatoms. The molecule has 3 unspecified atom stereocenters. The highest BCUT2D eigenvalue weighted by molar-refractivity contribution is 6.35. The number of carbonyl (C=O) groups excluding carboxylic acids is 1. The zero-order valence-corrected chi connectivity index (χ0v) is 24.2. The molecule has 1 amide bonds. The molecule has 4 rings (SSSR count). The topological polar surface area (TPSA) is 44.8 Å². The monoisotopic (exact) mass is 611 g/mol. The Bertz CT molecular complexity index is 1270. The first-order chi connectivity index (χ1) is 18.2. The third-order valence-electron chi connectivity index (χ3n) is 6.23. The second-order valence-electron chi connectivity index (χ2n) is 8.88. The molecule has 1 aliphatic rings. The van der Waals surface area contributed by atoms with E-state index in [1.54, 1.807) is 36.4 Å². The highest BCUT2D eigenvalue weighted by atomic mass is 35.5. The van der Waals surface area contributed by atoms with Crippen molar-refractivity contribution in [3.8, 4) is 0 Å². The molecule has 0 fully saturated rings. The van der Waals surface area contributed by atoms with Gasteiger partial charge >= 0.3 is 0 Å². The molecule has 3 aromatic rings. The number of rotatable bonds is 10. The molecule has 0 saturated carbocycles. The van der Waals surface area contributed by atoms with Crippen LogP contribution in [0.15, 0.2) is 79.1 Å². The van der Waals surface area contributed by atoms with Crippen molar-refractivity contribution >= 4 is 63.9 Å². The first-order valence-electron chi connectivity index (χ1n) is 11.9. The fraction of sp³-hybridized carbons (Fsp3) is 0.250. The number of nitrogens with zero attached hydrogens (tertiary/aromatic N) is 2. The van der Waals surface area contributed by atoms with Gasteiger partial charge in [0.05, 0.1) is 13.3 Å². The minimum Gasteiger partial charge on any atom is -0.365 e. The first kappa shape index (κ1) is 28.9. The molecule has 1 N–H and O–H groups in total. The Morgan fingerprint density at radius 3 is 2.16 bits per heavy atom. The average molecular weight is 614 g/mol. The fourth-order valence-electron chi connectivity index (χ4n) is 3.93. The van der Waals surface area contributed by atoms with Crippen molar-refractivity contribution in [2.75, 3.05) is 6.67 Å². The number of nitrogens with one attached hydrogen (secondary N) is 1. The number of benzene rings is 3. The van der Waals surface area contributed by atoms with E-state index in [1.807, 2.05) is 59.5 Å². The molecule has 0 saturated heterocycles. The predicted octanol–water partition coefficient (Wildman–Crippen LogP) is 7.87. The molecule has 5 nitrogen and oxygen atoms in total. The van der Waals surface area contributed by atoms with Crippen LogP contribution in [0.5, 0.6) is 0 Å². The average Bonchev–Trinajstić information content (AvgIpc) is 3.40. The van der Waals surface area contributed by atoms with Gasteiger partial charge in [-0.15, -0.1) is 0 Å². The van der Waals surface area contributed by atoms with Crippen LogP contribution in [0.3, 0.4) is 0 Å². The Hall–Kier alpha value is -2.12. The van der Waals surface area contributed by atoms with Crippen LogP contribution in [0.25, 0.3) is 0 Å². The lowest BCUT2D eigenvalue weighted by Crippen LogP contribution is -2.45. The van der Waals surface area contributed by atoms with Crippen LogP contribution in [0.2, 0.25) is 20.1 Å². The van der Waals surface area contributed by atoms with E-state index < -0.39 is 17.6 Å². The second-order valence-corrected chi connectivity index (χ2v) is 11.0. The number of halogens is 5. The standard InChI is InChI=1S/C28H26Cl5N3O2/c1-18(28(37)34-15-19-2-7-22(29)8-3-19)35-12-13-36(17-35)27(33)26(20-4-9-23(30)10-5-20)38-16-21-6-11-24(31)14-25(21)32/h2-14,18,26-27H,15-17H2,1H3,(H,34,37). The Labute approximate surface area is 247 Å². The normalized spacial score (nSPS) is 15.4. The van der Waals surface area contributed by atoms with Crippen molar-refractivity contribution < 1.29 is 9.53 Å². The van der Waals surface area contributed by atoms with Crippen LogP contribution in [0.1, 0.15) is 29.7 Å². The highest BCUT2D eigenvalue weighted by Gasteiger charge is 2.32. The minimum atomic E-state index is -0.576. The van der Waals surface area contributed by atoms with Gasteiger partial charge in [-0.05, 0) is 60.0 Å². The predicted molar refractivity (Wildman–Crippen MR) is 156 cm³/mol. The van der Waals surface area contributed by atoms with Gasteiger partial charge in [0.15, 0.2) is 0 Å². The first-order valence-corrected chi connectivity index (χ1v) is 13.8. The molecule has 200 valence electrons. The molecule has 0 aliphatic carbocycles. The number of ether oxygens (including phenoxy) is 1. The third kappa shape index (κ3) is 7.50. The van der Waals surface area contributed by atoms with Crippen LogP contribution in [0.4, 0.5) is 0 Å². The molecule has 0 aromatic heterocycles. The van der Waals surface area contributed by atoms with Crippen LogP contribution in [0, 0.1) is 0 Å². The quantitative estimate of drug-likeness (QED) is 0.187. The van der Waals surface area contributed by atoms with Gasteiger partial charge in [-0.3, -0.25) is 4.79 Å². The van der Waals surface area contributed by atoms with E-state index in [0.717, 1.165) is 16.7 Å². The summed E-state index contributed by atoms with van der Waals surface area (Å²) in [4.78, 5) is 16.7. The molecular weight excluding hydrogens is 588 g/mol. The molecule has 0 radical (unpaired) electrons. The lowest BCUT2D eigenvalue weighted by atomic mass is 10.1. The van der Waals surface area contributed by atoms with Gasteiger partial charge in [0.2, 0.25) is 5.91 Å². The maximum atomic E-state index is 12.8. The second kappa shape index (κ2) is 13.3. The maximum Gasteiger partial charge on any atom is 0.242 e. The van der Waals surface area contributed by atoms with Gasteiger partial charge < -0.3 is 19.9 Å². The zero-order chi connectivity index (χ0) is 27.2. The summed E-state index contributed by atoms with van der Waals surface area (Å²) in [5.74, 6) is -0.0968. The summed E-state index contributed by atoms with van der Waals surface area (Å²) in [6, 6.07) is 19.6. The Morgan fingerprint density at radius 2 is 1.50 bits per heavy atom. The molecule has 3 atom stereocenters. The van der Waals surface area contributed by atoms with Gasteiger partial charge in [0.1, 0.15) is 17.6 Å². The van der Waals surface area contributed by atoms with Gasteiger partial charge in [-0.1, -0.05) is 88.3 Å². The van der Waals surface area contributed by atoms with Crippen LogP contribution in [-0.4, -0.2) is 33.9 Å². The molecule has 38 heavy (non-hydrogen) atoms. The molecule has 0 spiro atoms. The minimum absolute atomic E-state index is 0.0968. The number of hydrogen-bond donors (Lipinski definition) is 1. The van der Waals surface area contributed by atoms with Gasteiger partial charge in [-0.2, -0.15) is 0 Å². The zero-order valence-electron chi connectivity index (χ0n) is 20.5. The number of alkyl halides is 1. The Morgan fingerprint density at radius 1 is 0.895 bits per heavy atom. The van der Waals surface area contributed by atoms with E-state index in [1.165, 1.54) is 0 Å². The Balaban J connectivity index is 1.40. The van der Waals surface area contributed by atoms with Crippen molar-refractivity contribution in [3.05, 3.63) is 116 Å². The van der Waals surface area contributed by atoms with Crippen LogP contribution < -0.4 is 5.32 Å². The summed E-state index contributed by atoms with van der Waals surface area (Å²) >= 11 is 31.4. The summed E-state index contributed by atoms with van der Waals surface area (Å²) in [7, 11) is 0. The van der Waals surface area contributed by atoms with Crippen molar-refractivity contribution in [3.63, 3.8) is 0 Å². The summed E-state index contributed by atoms with van der Waals surface area (Å²) < 4.78 is 6.30. The van der Waals surface area contributed by atoms with Crippen molar-refractivity contribution in [2.24, 2.45) is 0 Å². The van der Waals surface area contributed by atoms with Crippen molar-refractivity contribution in [1.82, 2.24) is 15.1 Å². The van der Waals surface area contributed by atoms with Gasteiger partial charge in [0.25, 0.3) is 0 Å². The largest absolute Gasteiger partial charge is 0.365 e.